The van der Waals surface area contributed by atoms with Gasteiger partial charge in [-0.2, -0.15) is 0 Å². The Morgan fingerprint density at radius 2 is 2.05 bits per heavy atom. The zero-order chi connectivity index (χ0) is 16.6. The second-order valence-electron chi connectivity index (χ2n) is 6.72. The molecule has 1 aromatic rings. The van der Waals surface area contributed by atoms with Crippen LogP contribution in [0.15, 0.2) is 18.6 Å². The van der Waals surface area contributed by atoms with Crippen molar-refractivity contribution in [3.05, 3.63) is 24.3 Å². The molecule has 0 radical (unpaired) electrons. The lowest BCUT2D eigenvalue weighted by atomic mass is 9.96. The van der Waals surface area contributed by atoms with Crippen LogP contribution in [0.25, 0.3) is 0 Å². The minimum atomic E-state index is -0.470. The van der Waals surface area contributed by atoms with Crippen molar-refractivity contribution < 1.29 is 9.53 Å². The van der Waals surface area contributed by atoms with Gasteiger partial charge in [0, 0.05) is 25.8 Å². The number of ether oxygens (including phenoxy) is 1. The van der Waals surface area contributed by atoms with Crippen LogP contribution in [0.1, 0.15) is 40.3 Å². The van der Waals surface area contributed by atoms with Crippen LogP contribution in [0.2, 0.25) is 0 Å². The Bertz CT molecular complexity index is 443. The summed E-state index contributed by atoms with van der Waals surface area (Å²) < 4.78 is 5.25. The molecule has 6 nitrogen and oxygen atoms in total. The van der Waals surface area contributed by atoms with Crippen LogP contribution in [0.4, 0.5) is 4.79 Å². The molecule has 0 aromatic carbocycles. The summed E-state index contributed by atoms with van der Waals surface area (Å²) in [5.74, 6) is 0.780. The smallest absolute Gasteiger partial charge is 0.407 e. The van der Waals surface area contributed by atoms with Crippen molar-refractivity contribution in [2.75, 3.05) is 13.1 Å². The quantitative estimate of drug-likeness (QED) is 0.808. The third kappa shape index (κ3) is 7.93. The Balaban J connectivity index is 2.34. The molecule has 1 amide bonds. The molecule has 1 aromatic heterocycles. The summed E-state index contributed by atoms with van der Waals surface area (Å²) in [7, 11) is 0. The third-order valence-corrected chi connectivity index (χ3v) is 3.21. The maximum Gasteiger partial charge on any atom is 0.407 e. The lowest BCUT2D eigenvalue weighted by molar-refractivity contribution is 0.0515. The van der Waals surface area contributed by atoms with E-state index in [4.69, 9.17) is 4.74 Å². The van der Waals surface area contributed by atoms with Gasteiger partial charge in [-0.05, 0) is 38.7 Å². The van der Waals surface area contributed by atoms with Gasteiger partial charge in [-0.1, -0.05) is 13.8 Å². The summed E-state index contributed by atoms with van der Waals surface area (Å²) >= 11 is 0. The maximum atomic E-state index is 11.7. The normalized spacial score (nSPS) is 13.0. The molecule has 6 heteroatoms. The summed E-state index contributed by atoms with van der Waals surface area (Å²) in [6.45, 7) is 11.9. The second kappa shape index (κ2) is 8.68. The maximum absolute atomic E-state index is 11.7. The summed E-state index contributed by atoms with van der Waals surface area (Å²) in [5.41, 5.74) is 0.487. The molecule has 0 spiro atoms. The monoisotopic (exact) mass is 308 g/mol. The average Bonchev–Trinajstić information content (AvgIpc) is 2.41. The van der Waals surface area contributed by atoms with Crippen molar-refractivity contribution in [2.24, 2.45) is 11.8 Å². The Morgan fingerprint density at radius 3 is 2.59 bits per heavy atom. The number of carbonyl (C=O) groups excluding carboxylic acids is 1. The minimum Gasteiger partial charge on any atom is -0.444 e. The number of amides is 1. The Morgan fingerprint density at radius 1 is 1.32 bits per heavy atom. The van der Waals surface area contributed by atoms with Crippen molar-refractivity contribution in [3.63, 3.8) is 0 Å². The van der Waals surface area contributed by atoms with Gasteiger partial charge < -0.3 is 15.4 Å². The molecule has 0 fully saturated rings. The van der Waals surface area contributed by atoms with Crippen LogP contribution in [-0.4, -0.2) is 34.8 Å². The van der Waals surface area contributed by atoms with E-state index in [-0.39, 0.29) is 6.09 Å². The van der Waals surface area contributed by atoms with Crippen molar-refractivity contribution >= 4 is 6.09 Å². The van der Waals surface area contributed by atoms with Crippen LogP contribution in [0.3, 0.4) is 0 Å². The molecular formula is C16H28N4O2. The summed E-state index contributed by atoms with van der Waals surface area (Å²) in [5, 5.41) is 6.22. The van der Waals surface area contributed by atoms with Gasteiger partial charge in [-0.3, -0.25) is 0 Å². The molecule has 1 unspecified atom stereocenters. The van der Waals surface area contributed by atoms with Crippen molar-refractivity contribution in [1.82, 2.24) is 20.6 Å². The number of hydrogen-bond donors (Lipinski definition) is 2. The van der Waals surface area contributed by atoms with Crippen molar-refractivity contribution in [1.29, 1.82) is 0 Å². The predicted molar refractivity (Wildman–Crippen MR) is 86.3 cm³/mol. The molecular weight excluding hydrogens is 280 g/mol. The third-order valence-electron chi connectivity index (χ3n) is 3.21. The van der Waals surface area contributed by atoms with E-state index in [0.717, 1.165) is 12.2 Å². The van der Waals surface area contributed by atoms with Crippen molar-refractivity contribution in [3.8, 4) is 0 Å². The fourth-order valence-corrected chi connectivity index (χ4v) is 1.88. The van der Waals surface area contributed by atoms with E-state index in [2.05, 4.69) is 34.4 Å². The summed E-state index contributed by atoms with van der Waals surface area (Å²) in [6, 6.07) is 1.89. The Hall–Kier alpha value is -1.69. The molecule has 1 heterocycles. The van der Waals surface area contributed by atoms with E-state index in [1.54, 1.807) is 12.5 Å². The Kier molecular flexibility index (Phi) is 7.24. The largest absolute Gasteiger partial charge is 0.444 e. The SMILES string of the molecule is CC(C)C(CNCc1ccncn1)CNC(=O)OC(C)(C)C. The number of carbonyl (C=O) groups is 1. The van der Waals surface area contributed by atoms with Crippen LogP contribution in [-0.2, 0) is 11.3 Å². The average molecular weight is 308 g/mol. The molecule has 0 saturated heterocycles. The fraction of sp³-hybridized carbons (Fsp3) is 0.688. The summed E-state index contributed by atoms with van der Waals surface area (Å²) in [4.78, 5) is 19.8. The molecule has 0 aliphatic rings. The first-order chi connectivity index (χ1) is 10.3. The Labute approximate surface area is 133 Å². The molecule has 22 heavy (non-hydrogen) atoms. The number of hydrogen-bond acceptors (Lipinski definition) is 5. The lowest BCUT2D eigenvalue weighted by Gasteiger charge is -2.24. The first-order valence-electron chi connectivity index (χ1n) is 7.70. The minimum absolute atomic E-state index is 0.328. The number of nitrogens with one attached hydrogen (secondary N) is 2. The van der Waals surface area contributed by atoms with Crippen molar-refractivity contribution in [2.45, 2.75) is 46.8 Å². The van der Waals surface area contributed by atoms with Crippen LogP contribution >= 0.6 is 0 Å². The fourth-order valence-electron chi connectivity index (χ4n) is 1.88. The van der Waals surface area contributed by atoms with Crippen LogP contribution in [0.5, 0.6) is 0 Å². The van der Waals surface area contributed by atoms with E-state index in [9.17, 15) is 4.79 Å². The van der Waals surface area contributed by atoms with Gasteiger partial charge in [0.05, 0.1) is 5.69 Å². The predicted octanol–water partition coefficient (Wildman–Crippen LogP) is 2.36. The molecule has 124 valence electrons. The topological polar surface area (TPSA) is 76.1 Å². The van der Waals surface area contributed by atoms with E-state index in [1.807, 2.05) is 26.8 Å². The first kappa shape index (κ1) is 18.4. The standard InChI is InChI=1S/C16H28N4O2/c1-12(2)13(9-19-15(21)22-16(3,4)5)8-18-10-14-6-7-17-11-20-14/h6-7,11-13,18H,8-10H2,1-5H3,(H,19,21). The van der Waals surface area contributed by atoms with Gasteiger partial charge in [0.15, 0.2) is 0 Å². The zero-order valence-electron chi connectivity index (χ0n) is 14.2. The first-order valence-corrected chi connectivity index (χ1v) is 7.70. The molecule has 0 bridgehead atoms. The van der Waals surface area contributed by atoms with Crippen LogP contribution < -0.4 is 10.6 Å². The van der Waals surface area contributed by atoms with E-state index in [1.165, 1.54) is 0 Å². The zero-order valence-corrected chi connectivity index (χ0v) is 14.2. The van der Waals surface area contributed by atoms with Gasteiger partial charge in [-0.25, -0.2) is 14.8 Å². The van der Waals surface area contributed by atoms with Gasteiger partial charge >= 0.3 is 6.09 Å². The number of rotatable bonds is 7. The highest BCUT2D eigenvalue weighted by Gasteiger charge is 2.18. The molecule has 2 N–H and O–H groups in total. The van der Waals surface area contributed by atoms with E-state index < -0.39 is 5.60 Å². The number of alkyl carbamates (subject to hydrolysis) is 1. The highest BCUT2D eigenvalue weighted by Crippen LogP contribution is 2.10. The number of aromatic nitrogens is 2. The van der Waals surface area contributed by atoms with E-state index in [0.29, 0.717) is 24.9 Å². The summed E-state index contributed by atoms with van der Waals surface area (Å²) in [6.07, 6.45) is 2.91. The van der Waals surface area contributed by atoms with Gasteiger partial charge in [0.2, 0.25) is 0 Å². The highest BCUT2D eigenvalue weighted by atomic mass is 16.6. The van der Waals surface area contributed by atoms with E-state index >= 15 is 0 Å². The highest BCUT2D eigenvalue weighted by molar-refractivity contribution is 5.67. The second-order valence-corrected chi connectivity index (χ2v) is 6.72. The lowest BCUT2D eigenvalue weighted by Crippen LogP contribution is -2.39. The molecule has 1 atom stereocenters. The number of nitrogens with zero attached hydrogens (tertiary/aromatic N) is 2. The van der Waals surface area contributed by atoms with Gasteiger partial charge in [0.1, 0.15) is 11.9 Å². The molecule has 0 aliphatic carbocycles. The molecule has 1 rings (SSSR count). The molecule has 0 aliphatic heterocycles. The van der Waals surface area contributed by atoms with Gasteiger partial charge in [0.25, 0.3) is 0 Å². The molecule has 0 saturated carbocycles. The van der Waals surface area contributed by atoms with Crippen LogP contribution in [0, 0.1) is 11.8 Å². The van der Waals surface area contributed by atoms with Gasteiger partial charge in [-0.15, -0.1) is 0 Å².